The summed E-state index contributed by atoms with van der Waals surface area (Å²) in [6.07, 6.45) is 0. The van der Waals surface area contributed by atoms with Gasteiger partial charge >= 0.3 is 0 Å². The molecule has 0 aliphatic carbocycles. The number of carbonyl (C=O) groups is 1. The number of methoxy groups -OCH3 is 1. The first-order valence-corrected chi connectivity index (χ1v) is 11.0. The van der Waals surface area contributed by atoms with Gasteiger partial charge in [-0.25, -0.2) is 13.1 Å². The molecule has 10 heteroatoms. The zero-order chi connectivity index (χ0) is 21.0. The molecule has 0 aliphatic heterocycles. The average Bonchev–Trinajstić information content (AvgIpc) is 3.17. The smallest absolute Gasteiger partial charge is 0.270 e. The van der Waals surface area contributed by atoms with E-state index in [1.54, 1.807) is 50.4 Å². The Labute approximate surface area is 173 Å². The summed E-state index contributed by atoms with van der Waals surface area (Å²) in [5, 5.41) is 10.1. The van der Waals surface area contributed by atoms with Gasteiger partial charge in [-0.3, -0.25) is 10.1 Å². The lowest BCUT2D eigenvalue weighted by molar-refractivity contribution is 0.102. The van der Waals surface area contributed by atoms with Gasteiger partial charge in [-0.05, 0) is 43.7 Å². The van der Waals surface area contributed by atoms with E-state index in [1.165, 1.54) is 0 Å². The van der Waals surface area contributed by atoms with E-state index in [0.29, 0.717) is 11.3 Å². The van der Waals surface area contributed by atoms with Crippen LogP contribution in [0.25, 0.3) is 0 Å². The molecular formula is C19H20N4O4S2. The molecule has 2 N–H and O–H groups in total. The molecule has 2 aromatic carbocycles. The Hall–Kier alpha value is -2.82. The van der Waals surface area contributed by atoms with Gasteiger partial charge < -0.3 is 4.74 Å². The van der Waals surface area contributed by atoms with E-state index in [9.17, 15) is 13.2 Å². The van der Waals surface area contributed by atoms with Crippen molar-refractivity contribution < 1.29 is 17.9 Å². The Morgan fingerprint density at radius 1 is 1.07 bits per heavy atom. The van der Waals surface area contributed by atoms with Gasteiger partial charge in [-0.1, -0.05) is 41.2 Å². The van der Waals surface area contributed by atoms with Crippen LogP contribution in [0.3, 0.4) is 0 Å². The first-order chi connectivity index (χ1) is 13.8. The van der Waals surface area contributed by atoms with Crippen LogP contribution in [0.2, 0.25) is 0 Å². The predicted molar refractivity (Wildman–Crippen MR) is 111 cm³/mol. The lowest BCUT2D eigenvalue weighted by Gasteiger charge is -2.13. The second kappa shape index (κ2) is 8.68. The van der Waals surface area contributed by atoms with Gasteiger partial charge in [0.15, 0.2) is 0 Å². The summed E-state index contributed by atoms with van der Waals surface area (Å²) < 4.78 is 32.6. The minimum absolute atomic E-state index is 0.105. The van der Waals surface area contributed by atoms with Crippen molar-refractivity contribution in [1.29, 1.82) is 0 Å². The Morgan fingerprint density at radius 2 is 1.72 bits per heavy atom. The van der Waals surface area contributed by atoms with Gasteiger partial charge in [0, 0.05) is 11.6 Å². The van der Waals surface area contributed by atoms with E-state index in [-0.39, 0.29) is 15.4 Å². The third-order valence-electron chi connectivity index (χ3n) is 4.12. The number of aromatic nitrogens is 2. The molecule has 3 aromatic rings. The van der Waals surface area contributed by atoms with Crippen LogP contribution in [0, 0.1) is 6.92 Å². The fourth-order valence-electron chi connectivity index (χ4n) is 2.49. The molecule has 3 rings (SSSR count). The van der Waals surface area contributed by atoms with E-state index < -0.39 is 16.1 Å². The predicted octanol–water partition coefficient (Wildman–Crippen LogP) is 3.15. The molecule has 1 amide bonds. The summed E-state index contributed by atoms with van der Waals surface area (Å²) in [7, 11) is -2.33. The van der Waals surface area contributed by atoms with E-state index in [0.717, 1.165) is 22.5 Å². The van der Waals surface area contributed by atoms with Crippen molar-refractivity contribution in [3.05, 3.63) is 65.2 Å². The number of nitrogens with one attached hydrogen (secondary N) is 2. The van der Waals surface area contributed by atoms with Gasteiger partial charge in [0.25, 0.3) is 15.9 Å². The molecule has 0 radical (unpaired) electrons. The number of ether oxygens (including phenoxy) is 1. The minimum atomic E-state index is -3.90. The number of nitrogens with zero attached hydrogens (tertiary/aromatic N) is 2. The molecule has 29 heavy (non-hydrogen) atoms. The number of rotatable bonds is 7. The van der Waals surface area contributed by atoms with Crippen molar-refractivity contribution in [3.8, 4) is 5.75 Å². The first-order valence-electron chi connectivity index (χ1n) is 8.66. The van der Waals surface area contributed by atoms with Gasteiger partial charge in [0.2, 0.25) is 9.47 Å². The molecule has 1 heterocycles. The Morgan fingerprint density at radius 3 is 2.34 bits per heavy atom. The molecule has 0 spiro atoms. The van der Waals surface area contributed by atoms with Crippen LogP contribution in [0.15, 0.2) is 52.9 Å². The van der Waals surface area contributed by atoms with Gasteiger partial charge in [-0.2, -0.15) is 0 Å². The Kier molecular flexibility index (Phi) is 6.26. The maximum atomic E-state index is 12.6. The summed E-state index contributed by atoms with van der Waals surface area (Å²) in [6.45, 7) is 3.64. The quantitative estimate of drug-likeness (QED) is 0.555. The van der Waals surface area contributed by atoms with E-state index in [2.05, 4.69) is 20.2 Å². The number of hydrogen-bond acceptors (Lipinski definition) is 7. The molecule has 152 valence electrons. The molecule has 8 nitrogen and oxygen atoms in total. The highest BCUT2D eigenvalue weighted by atomic mass is 32.2. The number of sulfonamides is 1. The van der Waals surface area contributed by atoms with Crippen LogP contribution in [-0.2, 0) is 10.0 Å². The Bertz CT molecular complexity index is 1090. The second-order valence-electron chi connectivity index (χ2n) is 6.31. The number of anilines is 1. The normalized spacial score (nSPS) is 12.4. The zero-order valence-electron chi connectivity index (χ0n) is 16.0. The number of benzene rings is 2. The monoisotopic (exact) mass is 432 g/mol. The van der Waals surface area contributed by atoms with Gasteiger partial charge in [-0.15, -0.1) is 10.2 Å². The number of amides is 1. The van der Waals surface area contributed by atoms with E-state index in [4.69, 9.17) is 4.74 Å². The molecule has 0 fully saturated rings. The molecule has 1 aromatic heterocycles. The van der Waals surface area contributed by atoms with Crippen molar-refractivity contribution >= 4 is 32.4 Å². The zero-order valence-corrected chi connectivity index (χ0v) is 17.7. The minimum Gasteiger partial charge on any atom is -0.497 e. The summed E-state index contributed by atoms with van der Waals surface area (Å²) >= 11 is 0.785. The largest absolute Gasteiger partial charge is 0.497 e. The lowest BCUT2D eigenvalue weighted by Crippen LogP contribution is -2.26. The van der Waals surface area contributed by atoms with Crippen LogP contribution >= 0.6 is 11.3 Å². The topological polar surface area (TPSA) is 110 Å². The maximum absolute atomic E-state index is 12.6. The average molecular weight is 433 g/mol. The van der Waals surface area contributed by atoms with Crippen molar-refractivity contribution in [2.45, 2.75) is 24.2 Å². The molecular weight excluding hydrogens is 412 g/mol. The number of hydrogen-bond donors (Lipinski definition) is 2. The summed E-state index contributed by atoms with van der Waals surface area (Å²) in [5.74, 6) is 0.298. The number of carbonyl (C=O) groups excluding carboxylic acids is 1. The molecule has 0 saturated heterocycles. The summed E-state index contributed by atoms with van der Waals surface area (Å²) in [6, 6.07) is 13.6. The SMILES string of the molecule is COc1ccc([C@@H](C)NS(=O)(=O)c2nnc(NC(=O)c3ccc(C)cc3)s2)cc1. The fraction of sp³-hybridized carbons (Fsp3) is 0.211. The highest BCUT2D eigenvalue weighted by molar-refractivity contribution is 7.91. The standard InChI is InChI=1S/C19H20N4O4S2/c1-12-4-6-15(7-5-12)17(24)20-18-21-22-19(28-18)29(25,26)23-13(2)14-8-10-16(27-3)11-9-14/h4-11,13,23H,1-3H3,(H,20,21,24)/t13-/m1/s1. The highest BCUT2D eigenvalue weighted by Crippen LogP contribution is 2.24. The first kappa shape index (κ1) is 20.9. The third-order valence-corrected chi connectivity index (χ3v) is 6.87. The molecule has 0 aliphatic rings. The van der Waals surface area contributed by atoms with Crippen LogP contribution < -0.4 is 14.8 Å². The second-order valence-corrected chi connectivity index (χ2v) is 9.17. The van der Waals surface area contributed by atoms with Crippen molar-refractivity contribution in [2.75, 3.05) is 12.4 Å². The van der Waals surface area contributed by atoms with Gasteiger partial charge in [0.05, 0.1) is 7.11 Å². The van der Waals surface area contributed by atoms with Crippen LogP contribution in [-0.4, -0.2) is 31.6 Å². The fourth-order valence-corrected chi connectivity index (χ4v) is 4.63. The molecule has 0 bridgehead atoms. The maximum Gasteiger partial charge on any atom is 0.270 e. The van der Waals surface area contributed by atoms with Crippen LogP contribution in [0.5, 0.6) is 5.75 Å². The van der Waals surface area contributed by atoms with Crippen molar-refractivity contribution in [1.82, 2.24) is 14.9 Å². The molecule has 1 atom stereocenters. The molecule has 0 saturated carbocycles. The summed E-state index contributed by atoms with van der Waals surface area (Å²) in [4.78, 5) is 12.3. The third kappa shape index (κ3) is 5.17. The van der Waals surface area contributed by atoms with Crippen LogP contribution in [0.4, 0.5) is 5.13 Å². The van der Waals surface area contributed by atoms with Crippen molar-refractivity contribution in [2.24, 2.45) is 0 Å². The Balaban J connectivity index is 1.69. The summed E-state index contributed by atoms with van der Waals surface area (Å²) in [5.41, 5.74) is 2.25. The van der Waals surface area contributed by atoms with E-state index in [1.807, 2.05) is 19.1 Å². The lowest BCUT2D eigenvalue weighted by atomic mass is 10.1. The highest BCUT2D eigenvalue weighted by Gasteiger charge is 2.24. The molecule has 0 unspecified atom stereocenters. The number of aryl methyl sites for hydroxylation is 1. The van der Waals surface area contributed by atoms with Crippen LogP contribution in [0.1, 0.15) is 34.5 Å². The van der Waals surface area contributed by atoms with E-state index >= 15 is 0 Å². The van der Waals surface area contributed by atoms with Gasteiger partial charge in [0.1, 0.15) is 5.75 Å². The van der Waals surface area contributed by atoms with Crippen molar-refractivity contribution in [3.63, 3.8) is 0 Å².